The van der Waals surface area contributed by atoms with E-state index in [1.165, 1.54) is 36.2 Å². The lowest BCUT2D eigenvalue weighted by Gasteiger charge is -2.36. The van der Waals surface area contributed by atoms with E-state index in [-0.39, 0.29) is 17.8 Å². The fraction of sp³-hybridized carbons (Fsp3) is 0.704. The van der Waals surface area contributed by atoms with Crippen molar-refractivity contribution in [3.8, 4) is 0 Å². The minimum absolute atomic E-state index is 0.109. The molecule has 3 aliphatic carbocycles. The van der Waals surface area contributed by atoms with Crippen LogP contribution in [0.25, 0.3) is 5.57 Å². The summed E-state index contributed by atoms with van der Waals surface area (Å²) in [6.07, 6.45) is 15.5. The standard InChI is InChI=1S/C27H38O3S/c1-17-11-13-20(14-12-17)25(28)24(21-10-6-7-18(2)15-21)22-16-23(31-26(22)27(29)30)19-8-4-3-5-9-19/h8,16-18,20-21,24H,3-7,9-15H2,1-2H3,(H,29,30). The highest BCUT2D eigenvalue weighted by Gasteiger charge is 2.40. The summed E-state index contributed by atoms with van der Waals surface area (Å²) in [5.41, 5.74) is 2.13. The predicted molar refractivity (Wildman–Crippen MR) is 128 cm³/mol. The fourth-order valence-corrected chi connectivity index (χ4v) is 7.36. The Labute approximate surface area is 191 Å². The molecule has 0 aliphatic heterocycles. The minimum atomic E-state index is -0.860. The number of carbonyl (C=O) groups is 2. The summed E-state index contributed by atoms with van der Waals surface area (Å²) < 4.78 is 0. The molecule has 0 amide bonds. The zero-order chi connectivity index (χ0) is 22.0. The van der Waals surface area contributed by atoms with Crippen LogP contribution in [0.2, 0.25) is 0 Å². The number of Topliss-reactive ketones (excluding diaryl/α,β-unsaturated/α-hetero) is 1. The summed E-state index contributed by atoms with van der Waals surface area (Å²) in [5.74, 6) is 0.970. The molecule has 3 aliphatic rings. The van der Waals surface area contributed by atoms with Crippen LogP contribution in [0.4, 0.5) is 0 Å². The third-order valence-electron chi connectivity index (χ3n) is 8.07. The molecule has 0 saturated heterocycles. The van der Waals surface area contributed by atoms with Crippen LogP contribution in [0.15, 0.2) is 12.1 Å². The Bertz CT molecular complexity index is 828. The highest BCUT2D eigenvalue weighted by Crippen LogP contribution is 2.46. The molecule has 1 N–H and O–H groups in total. The van der Waals surface area contributed by atoms with Crippen LogP contribution in [-0.2, 0) is 4.79 Å². The summed E-state index contributed by atoms with van der Waals surface area (Å²) in [6.45, 7) is 4.58. The predicted octanol–water partition coefficient (Wildman–Crippen LogP) is 7.71. The maximum atomic E-state index is 14.0. The van der Waals surface area contributed by atoms with Gasteiger partial charge in [0.1, 0.15) is 10.7 Å². The Kier molecular flexibility index (Phi) is 7.36. The van der Waals surface area contributed by atoms with Gasteiger partial charge in [0, 0.05) is 16.7 Å². The van der Waals surface area contributed by atoms with Crippen molar-refractivity contribution in [3.05, 3.63) is 27.5 Å². The lowest BCUT2D eigenvalue weighted by atomic mass is 9.67. The lowest BCUT2D eigenvalue weighted by molar-refractivity contribution is -0.127. The largest absolute Gasteiger partial charge is 0.477 e. The van der Waals surface area contributed by atoms with Crippen molar-refractivity contribution in [2.24, 2.45) is 23.7 Å². The number of allylic oxidation sites excluding steroid dienone is 2. The monoisotopic (exact) mass is 442 g/mol. The first-order valence-corrected chi connectivity index (χ1v) is 13.4. The fourth-order valence-electron chi connectivity index (χ4n) is 6.25. The molecule has 4 heteroatoms. The lowest BCUT2D eigenvalue weighted by Crippen LogP contribution is -2.33. The topological polar surface area (TPSA) is 54.4 Å². The van der Waals surface area contributed by atoms with Gasteiger partial charge in [0.15, 0.2) is 0 Å². The summed E-state index contributed by atoms with van der Waals surface area (Å²) in [4.78, 5) is 27.8. The van der Waals surface area contributed by atoms with Crippen LogP contribution in [0.3, 0.4) is 0 Å². The number of carboxylic acids is 1. The molecule has 0 bridgehead atoms. The average Bonchev–Trinajstić information content (AvgIpc) is 3.20. The van der Waals surface area contributed by atoms with Crippen LogP contribution in [-0.4, -0.2) is 16.9 Å². The van der Waals surface area contributed by atoms with E-state index in [2.05, 4.69) is 26.0 Å². The van der Waals surface area contributed by atoms with Crippen LogP contribution < -0.4 is 0 Å². The number of aromatic carboxylic acids is 1. The summed E-state index contributed by atoms with van der Waals surface area (Å²) in [7, 11) is 0. The van der Waals surface area contributed by atoms with Crippen molar-refractivity contribution in [1.82, 2.24) is 0 Å². The van der Waals surface area contributed by atoms with Crippen molar-refractivity contribution < 1.29 is 14.7 Å². The van der Waals surface area contributed by atoms with Gasteiger partial charge in [-0.15, -0.1) is 11.3 Å². The van der Waals surface area contributed by atoms with Crippen molar-refractivity contribution in [3.63, 3.8) is 0 Å². The van der Waals surface area contributed by atoms with E-state index in [0.717, 1.165) is 68.2 Å². The zero-order valence-electron chi connectivity index (χ0n) is 19.2. The number of hydrogen-bond acceptors (Lipinski definition) is 3. The second kappa shape index (κ2) is 10.0. The first-order valence-electron chi connectivity index (χ1n) is 12.5. The summed E-state index contributed by atoms with van der Waals surface area (Å²) >= 11 is 1.41. The zero-order valence-corrected chi connectivity index (χ0v) is 20.0. The van der Waals surface area contributed by atoms with E-state index < -0.39 is 5.97 Å². The van der Waals surface area contributed by atoms with E-state index in [0.29, 0.717) is 22.5 Å². The molecule has 31 heavy (non-hydrogen) atoms. The molecular formula is C27H38O3S. The van der Waals surface area contributed by atoms with E-state index in [9.17, 15) is 14.7 Å². The first-order chi connectivity index (χ1) is 14.9. The Hall–Kier alpha value is -1.42. The van der Waals surface area contributed by atoms with E-state index >= 15 is 0 Å². The molecule has 3 unspecified atom stereocenters. The highest BCUT2D eigenvalue weighted by molar-refractivity contribution is 7.15. The van der Waals surface area contributed by atoms with Crippen LogP contribution in [0.1, 0.15) is 117 Å². The summed E-state index contributed by atoms with van der Waals surface area (Å²) in [5, 5.41) is 10.1. The third-order valence-corrected chi connectivity index (χ3v) is 9.29. The van der Waals surface area contributed by atoms with Gasteiger partial charge in [0.05, 0.1) is 0 Å². The molecule has 0 spiro atoms. The molecule has 4 rings (SSSR count). The molecule has 3 atom stereocenters. The smallest absolute Gasteiger partial charge is 0.346 e. The molecule has 1 aromatic rings. The number of rotatable bonds is 6. The van der Waals surface area contributed by atoms with Crippen LogP contribution in [0, 0.1) is 23.7 Å². The molecule has 2 saturated carbocycles. The second-order valence-corrected chi connectivity index (χ2v) is 11.6. The Balaban J connectivity index is 1.71. The molecule has 2 fully saturated rings. The van der Waals surface area contributed by atoms with Gasteiger partial charge in [-0.2, -0.15) is 0 Å². The maximum absolute atomic E-state index is 14.0. The number of hydrogen-bond donors (Lipinski definition) is 1. The second-order valence-electron chi connectivity index (χ2n) is 10.5. The van der Waals surface area contributed by atoms with Gasteiger partial charge >= 0.3 is 5.97 Å². The quantitative estimate of drug-likeness (QED) is 0.491. The molecule has 170 valence electrons. The number of ketones is 1. The number of thiophene rings is 1. The number of carbonyl (C=O) groups excluding carboxylic acids is 1. The van der Waals surface area contributed by atoms with Crippen molar-refractivity contribution in [2.45, 2.75) is 96.8 Å². The van der Waals surface area contributed by atoms with Gasteiger partial charge in [-0.1, -0.05) is 45.6 Å². The minimum Gasteiger partial charge on any atom is -0.477 e. The van der Waals surface area contributed by atoms with Crippen LogP contribution >= 0.6 is 11.3 Å². The first kappa shape index (κ1) is 22.8. The maximum Gasteiger partial charge on any atom is 0.346 e. The van der Waals surface area contributed by atoms with E-state index in [1.807, 2.05) is 0 Å². The molecule has 0 radical (unpaired) electrons. The van der Waals surface area contributed by atoms with Gasteiger partial charge in [-0.25, -0.2) is 4.79 Å². The van der Waals surface area contributed by atoms with Crippen molar-refractivity contribution in [1.29, 1.82) is 0 Å². The van der Waals surface area contributed by atoms with Crippen molar-refractivity contribution >= 4 is 28.7 Å². The molecule has 3 nitrogen and oxygen atoms in total. The molecule has 1 aromatic heterocycles. The Morgan fingerprint density at radius 3 is 2.42 bits per heavy atom. The molecule has 1 heterocycles. The van der Waals surface area contributed by atoms with Gasteiger partial charge in [0.2, 0.25) is 0 Å². The third kappa shape index (κ3) is 5.16. The highest BCUT2D eigenvalue weighted by atomic mass is 32.1. The van der Waals surface area contributed by atoms with Gasteiger partial charge in [-0.05, 0) is 86.3 Å². The van der Waals surface area contributed by atoms with E-state index in [1.54, 1.807) is 0 Å². The van der Waals surface area contributed by atoms with Gasteiger partial charge in [-0.3, -0.25) is 4.79 Å². The average molecular weight is 443 g/mol. The SMILES string of the molecule is CC1CCC(C(=O)C(c2cc(C3=CCCCC3)sc2C(=O)O)C2CCCC(C)C2)CC1. The number of carboxylic acid groups (broad SMARTS) is 1. The molecule has 0 aromatic carbocycles. The van der Waals surface area contributed by atoms with Gasteiger partial charge in [0.25, 0.3) is 0 Å². The van der Waals surface area contributed by atoms with Crippen LogP contribution in [0.5, 0.6) is 0 Å². The van der Waals surface area contributed by atoms with Gasteiger partial charge < -0.3 is 5.11 Å². The normalized spacial score (nSPS) is 30.5. The Morgan fingerprint density at radius 1 is 1.00 bits per heavy atom. The molecular weight excluding hydrogens is 404 g/mol. The Morgan fingerprint density at radius 2 is 1.77 bits per heavy atom. The van der Waals surface area contributed by atoms with E-state index in [4.69, 9.17) is 0 Å². The van der Waals surface area contributed by atoms with Crippen molar-refractivity contribution in [2.75, 3.05) is 0 Å². The summed E-state index contributed by atoms with van der Waals surface area (Å²) in [6, 6.07) is 2.11.